The van der Waals surface area contributed by atoms with Gasteiger partial charge in [0.25, 0.3) is 0 Å². The zero-order valence-electron chi connectivity index (χ0n) is 64.8. The summed E-state index contributed by atoms with van der Waals surface area (Å²) in [7, 11) is 0. The van der Waals surface area contributed by atoms with Crippen molar-refractivity contribution in [3.05, 3.63) is 207 Å². The number of aliphatic hydroxyl groups is 8. The second-order valence-corrected chi connectivity index (χ2v) is 22.7. The Labute approximate surface area is 707 Å². The number of unbranched alkanes of at least 4 members (excludes halogenated alkanes) is 2. The average molecular weight is 1550 g/mol. The van der Waals surface area contributed by atoms with Crippen LogP contribution in [0.3, 0.4) is 0 Å². The zero-order valence-corrected chi connectivity index (χ0v) is 70.8. The molecule has 0 aliphatic rings. The Bertz CT molecular complexity index is 2730. The summed E-state index contributed by atoms with van der Waals surface area (Å²) < 4.78 is 0. The smallest absolute Gasteiger partial charge is 0.876 e. The maximum atomic E-state index is 10.7. The number of hydrogen-bond acceptors (Lipinski definition) is 22. The molecule has 0 radical (unpaired) electrons. The van der Waals surface area contributed by atoms with E-state index in [9.17, 15) is 110 Å². The number of allylic oxidation sites excluding steroid dienone is 23. The predicted molar refractivity (Wildman–Crippen MR) is 395 cm³/mol. The number of Topliss-reactive ketones (excluding diaryl/α,β-unsaturated/α-hetero) is 3. The van der Waals surface area contributed by atoms with E-state index in [1.54, 1.807) is 122 Å². The number of quaternary nitrogens is 3. The van der Waals surface area contributed by atoms with Gasteiger partial charge < -0.3 is 113 Å². The summed E-state index contributed by atoms with van der Waals surface area (Å²) in [5.74, 6) is -6.28. The van der Waals surface area contributed by atoms with Crippen molar-refractivity contribution >= 4 is 47.2 Å². The van der Waals surface area contributed by atoms with Crippen molar-refractivity contribution in [3.8, 4) is 0 Å². The largest absolute Gasteiger partial charge is 1.00 e. The van der Waals surface area contributed by atoms with Gasteiger partial charge in [-0.1, -0.05) is 234 Å². The summed E-state index contributed by atoms with van der Waals surface area (Å²) in [6.07, 6.45) is 61.6. The Kier molecular flexibility index (Phi) is 105. The van der Waals surface area contributed by atoms with Crippen LogP contribution in [0.2, 0.25) is 0 Å². The summed E-state index contributed by atoms with van der Waals surface area (Å²) in [5, 5.41) is 138. The van der Waals surface area contributed by atoms with Crippen LogP contribution in [0.4, 0.5) is 0 Å². The van der Waals surface area contributed by atoms with E-state index < -0.39 is 78.7 Å². The summed E-state index contributed by atoms with van der Waals surface area (Å²) in [6.45, 7) is 10.0. The van der Waals surface area contributed by atoms with E-state index in [0.717, 1.165) is 51.4 Å². The molecule has 0 unspecified atom stereocenters. The van der Waals surface area contributed by atoms with Crippen molar-refractivity contribution in [2.24, 2.45) is 0 Å². The first-order chi connectivity index (χ1) is 50.0. The molecule has 25 nitrogen and oxygen atoms in total. The average Bonchev–Trinajstić information content (AvgIpc) is 1.01. The SMILES string of the molecule is C=C([O-])CC/C=C\C/C=C\C[C@H](O)/C=C/C=C\C=C\[C@@H](O)C/C=C\CC.CC/C=C\C[C@@H](O)/C=C/C=C\C=C\C=C\[C@@H](O)[C@@H](O)C/C=C\CCC(=O)[O-].CCCCC[C@H](O)/C=C/C=C\C=C\C=C\[C@@H](O)[C@@H](O)CCCC(=O)[O-].[NH3+]CC(=O)CCC(=O)[O-].[NH3+]CC(=O)CCC(=O)[O-].[NH3+]CC(=O)CCC(=O)[O-].[Na+].[Na+].[Na+]. The molecule has 8 atom stereocenters. The van der Waals surface area contributed by atoms with Crippen LogP contribution in [0.1, 0.15) is 175 Å². The molecule has 0 saturated heterocycles. The minimum absolute atomic E-state index is 0. The minimum Gasteiger partial charge on any atom is -0.876 e. The van der Waals surface area contributed by atoms with E-state index in [1.165, 1.54) is 12.2 Å². The third-order valence-electron chi connectivity index (χ3n) is 13.0. The first-order valence-electron chi connectivity index (χ1n) is 35.3. The van der Waals surface area contributed by atoms with Crippen LogP contribution in [-0.4, -0.2) is 157 Å². The number of carboxylic acids is 5. The number of hydrogen-bond donors (Lipinski definition) is 11. The van der Waals surface area contributed by atoms with Gasteiger partial charge in [-0.25, -0.2) is 0 Å². The van der Waals surface area contributed by atoms with Gasteiger partial charge in [0.1, 0.15) is 19.6 Å². The molecule has 0 aromatic heterocycles. The Morgan fingerprint density at radius 1 is 0.324 bits per heavy atom. The van der Waals surface area contributed by atoms with Gasteiger partial charge in [0.05, 0.1) is 48.8 Å². The van der Waals surface area contributed by atoms with Gasteiger partial charge in [0.2, 0.25) is 0 Å². The van der Waals surface area contributed by atoms with E-state index in [0.29, 0.717) is 32.1 Å². The van der Waals surface area contributed by atoms with Crippen molar-refractivity contribution in [2.45, 2.75) is 224 Å². The van der Waals surface area contributed by atoms with E-state index in [4.69, 9.17) is 0 Å². The van der Waals surface area contributed by atoms with Gasteiger partial charge in [-0.2, -0.15) is 0 Å². The quantitative estimate of drug-likeness (QED) is 0.00886. The molecular weight excluding hydrogens is 1420 g/mol. The molecular formula is C80H122N3Na3O22. The van der Waals surface area contributed by atoms with Crippen LogP contribution in [0, 0.1) is 0 Å². The van der Waals surface area contributed by atoms with E-state index in [-0.39, 0.29) is 202 Å². The minimum atomic E-state index is -1.18. The normalized spacial score (nSPS) is 13.9. The number of carbonyl (C=O) groups excluding carboxylic acids is 8. The molecule has 0 rings (SSSR count). The fourth-order valence-corrected chi connectivity index (χ4v) is 7.05. The van der Waals surface area contributed by atoms with Crippen molar-refractivity contribution in [2.75, 3.05) is 19.6 Å². The maximum absolute atomic E-state index is 10.7. The van der Waals surface area contributed by atoms with Crippen LogP contribution in [0.25, 0.3) is 0 Å². The number of rotatable bonds is 54. The Morgan fingerprint density at radius 2 is 0.630 bits per heavy atom. The van der Waals surface area contributed by atoms with Crippen LogP contribution >= 0.6 is 0 Å². The number of aliphatic hydroxyl groups excluding tert-OH is 8. The monoisotopic (exact) mass is 1550 g/mol. The Balaban J connectivity index is -0.000000164. The van der Waals surface area contributed by atoms with E-state index >= 15 is 0 Å². The van der Waals surface area contributed by atoms with Gasteiger partial charge in [-0.05, 0) is 116 Å². The zero-order chi connectivity index (χ0) is 80.5. The Morgan fingerprint density at radius 3 is 0.972 bits per heavy atom. The van der Waals surface area contributed by atoms with Gasteiger partial charge in [-0.3, -0.25) is 14.4 Å². The molecule has 0 saturated carbocycles. The molecule has 0 heterocycles. The number of carbonyl (C=O) groups is 8. The molecule has 17 N–H and O–H groups in total. The first-order valence-corrected chi connectivity index (χ1v) is 35.3. The number of ketones is 3. The molecule has 0 aliphatic heterocycles. The summed E-state index contributed by atoms with van der Waals surface area (Å²) in [4.78, 5) is 80.8. The summed E-state index contributed by atoms with van der Waals surface area (Å²) >= 11 is 0. The topological polar surface area (TPSA) is 520 Å². The molecule has 28 heteroatoms. The molecule has 0 aromatic rings. The number of carboxylic acid groups (broad SMARTS) is 5. The molecule has 0 aliphatic carbocycles. The van der Waals surface area contributed by atoms with Crippen LogP contribution in [0.5, 0.6) is 0 Å². The second-order valence-electron chi connectivity index (χ2n) is 22.7. The summed E-state index contributed by atoms with van der Waals surface area (Å²) in [6, 6.07) is 0. The van der Waals surface area contributed by atoms with Gasteiger partial charge in [0, 0.05) is 49.1 Å². The molecule has 0 spiro atoms. The molecule has 592 valence electrons. The predicted octanol–water partition coefficient (Wildman–Crippen LogP) is -8.80. The molecule has 0 fully saturated rings. The van der Waals surface area contributed by atoms with Crippen LogP contribution in [-0.2, 0) is 38.4 Å². The molecule has 0 bridgehead atoms. The van der Waals surface area contributed by atoms with Crippen molar-refractivity contribution < 1.29 is 216 Å². The van der Waals surface area contributed by atoms with Crippen molar-refractivity contribution in [1.29, 1.82) is 0 Å². The molecule has 108 heavy (non-hydrogen) atoms. The third kappa shape index (κ3) is 111. The van der Waals surface area contributed by atoms with Gasteiger partial charge in [-0.15, -0.1) is 12.3 Å². The molecule has 0 amide bonds. The Hall–Kier alpha value is -5.70. The van der Waals surface area contributed by atoms with Gasteiger partial charge in [0.15, 0.2) is 17.3 Å². The fourth-order valence-electron chi connectivity index (χ4n) is 7.05. The number of aliphatic carboxylic acids is 5. The van der Waals surface area contributed by atoms with Crippen LogP contribution < -0.4 is 137 Å². The van der Waals surface area contributed by atoms with E-state index in [1.807, 2.05) is 67.7 Å². The van der Waals surface area contributed by atoms with Crippen molar-refractivity contribution in [1.82, 2.24) is 0 Å². The van der Waals surface area contributed by atoms with Crippen LogP contribution in [0.15, 0.2) is 207 Å². The second kappa shape index (κ2) is 93.7. The van der Waals surface area contributed by atoms with E-state index in [2.05, 4.69) is 37.6 Å². The van der Waals surface area contributed by atoms with Crippen molar-refractivity contribution in [3.63, 3.8) is 0 Å². The maximum Gasteiger partial charge on any atom is 1.00 e. The van der Waals surface area contributed by atoms with Gasteiger partial charge >= 0.3 is 88.7 Å². The standard InChI is InChI=1S/C23H34O3.C22H32O5.C20H32O5.3C5H9NO3.3Na/c1-3-4-11-17-22(25)19-14-9-10-15-20-23(26)18-13-8-6-5-7-12-16-21(2)24;1-2-3-9-14-19(23)15-10-6-4-5-7-11-16-20(24)21(25)17-12-8-13-18-22(26)27;1-2-3-8-12-17(21)13-9-6-4-5-7-10-14-18(22)19(23)15-11-16-20(24)25;3*6-3-4(7)1-2-5(8)9;;;/h4-5,7-11,13-15,19-20,22-26H,2-3,6,12,16-18H2,1H3;3-12,15-16,19-21,23-25H,2,13-14,17-18H2,1H3,(H,26,27);4-7,9-10,13-14,17-19,21-23H,2-3,8,11-12,15-16H2,1H3,(H,24,25);3*1-3,6H2,(H,8,9);;;/q;;;;;;3*+1/p-3/b7-5-,10-9-,11-4-,13-8-,19-14+,20-15+;6-4-,7-5+,9-3-,12-8-,15-10+,16-11+;6-4-,7-5+,13-9+,14-10+;;;;;;/t22-,23-;19-,20-,21+;17-,18+,19-;;;;;;/m010....../s1. The summed E-state index contributed by atoms with van der Waals surface area (Å²) in [5.41, 5.74) is 9.90. The fraction of sp³-hybridized carbons (Fsp3) is 0.475. The molecule has 0 aromatic carbocycles. The third-order valence-corrected chi connectivity index (χ3v) is 13.0. The first kappa shape index (κ1) is 121.